The summed E-state index contributed by atoms with van der Waals surface area (Å²) in [5, 5.41) is 0. The van der Waals surface area contributed by atoms with Crippen molar-refractivity contribution < 1.29 is 4.79 Å². The average molecular weight is 302 g/mol. The molecule has 0 radical (unpaired) electrons. The first-order valence-corrected chi connectivity index (χ1v) is 8.05. The van der Waals surface area contributed by atoms with Gasteiger partial charge in [0.05, 0.1) is 4.88 Å². The molecule has 0 spiro atoms. The van der Waals surface area contributed by atoms with E-state index < -0.39 is 0 Å². The number of nitrogens with zero attached hydrogens (tertiary/aromatic N) is 1. The summed E-state index contributed by atoms with van der Waals surface area (Å²) in [6, 6.07) is 5.44. The first-order valence-electron chi connectivity index (χ1n) is 7.24. The normalized spacial score (nSPS) is 15.2. The molecule has 110 valence electrons. The van der Waals surface area contributed by atoms with E-state index in [4.69, 9.17) is 0 Å². The van der Waals surface area contributed by atoms with Crippen molar-refractivity contribution in [2.75, 3.05) is 13.1 Å². The Morgan fingerprint density at radius 1 is 1.24 bits per heavy atom. The number of hydrogen-bond acceptors (Lipinski definition) is 3. The molecule has 0 unspecified atom stereocenters. The van der Waals surface area contributed by atoms with Crippen LogP contribution in [0.15, 0.2) is 29.2 Å². The van der Waals surface area contributed by atoms with Gasteiger partial charge in [-0.05, 0) is 43.9 Å². The second-order valence-electron chi connectivity index (χ2n) is 5.41. The Bertz CT molecular complexity index is 711. The number of hydrogen-bond donors (Lipinski definition) is 1. The van der Waals surface area contributed by atoms with Crippen molar-refractivity contribution in [1.82, 2.24) is 9.88 Å². The van der Waals surface area contributed by atoms with Gasteiger partial charge in [-0.25, -0.2) is 0 Å². The third-order valence-corrected chi connectivity index (χ3v) is 4.96. The summed E-state index contributed by atoms with van der Waals surface area (Å²) in [7, 11) is 0. The van der Waals surface area contributed by atoms with Gasteiger partial charge in [-0.1, -0.05) is 0 Å². The minimum absolute atomic E-state index is 0.0996. The van der Waals surface area contributed by atoms with E-state index in [0.717, 1.165) is 46.8 Å². The van der Waals surface area contributed by atoms with Crippen molar-refractivity contribution in [3.63, 3.8) is 0 Å². The van der Waals surface area contributed by atoms with Crippen molar-refractivity contribution in [2.24, 2.45) is 0 Å². The largest absolute Gasteiger partial charge is 0.338 e. The Morgan fingerprint density at radius 3 is 2.71 bits per heavy atom. The molecule has 2 aromatic heterocycles. The van der Waals surface area contributed by atoms with Gasteiger partial charge in [-0.2, -0.15) is 0 Å². The Morgan fingerprint density at radius 2 is 2.00 bits per heavy atom. The number of piperidine rings is 1. The zero-order valence-corrected chi connectivity index (χ0v) is 12.8. The van der Waals surface area contributed by atoms with E-state index >= 15 is 0 Å². The van der Waals surface area contributed by atoms with Crippen molar-refractivity contribution in [3.05, 3.63) is 45.2 Å². The molecule has 1 amide bonds. The number of thiophene rings is 1. The molecule has 0 bridgehead atoms. The molecule has 3 heterocycles. The number of carbonyl (C=O) groups is 1. The van der Waals surface area contributed by atoms with E-state index in [0.29, 0.717) is 0 Å². The highest BCUT2D eigenvalue weighted by Gasteiger charge is 2.20. The zero-order valence-electron chi connectivity index (χ0n) is 12.0. The van der Waals surface area contributed by atoms with Crippen LogP contribution in [0.3, 0.4) is 0 Å². The molecular weight excluding hydrogens is 284 g/mol. The van der Waals surface area contributed by atoms with Crippen molar-refractivity contribution >= 4 is 17.2 Å². The lowest BCUT2D eigenvalue weighted by atomic mass is 10.1. The van der Waals surface area contributed by atoms with Gasteiger partial charge in [0.2, 0.25) is 5.56 Å². The van der Waals surface area contributed by atoms with Gasteiger partial charge in [-0.15, -0.1) is 11.3 Å². The van der Waals surface area contributed by atoms with Crippen LogP contribution < -0.4 is 5.56 Å². The molecule has 21 heavy (non-hydrogen) atoms. The first-order chi connectivity index (χ1) is 10.1. The molecule has 0 saturated carbocycles. The van der Waals surface area contributed by atoms with Crippen LogP contribution in [0, 0.1) is 6.92 Å². The molecule has 1 saturated heterocycles. The minimum Gasteiger partial charge on any atom is -0.338 e. The van der Waals surface area contributed by atoms with Crippen molar-refractivity contribution in [1.29, 1.82) is 0 Å². The Labute approximate surface area is 127 Å². The van der Waals surface area contributed by atoms with Crippen LogP contribution in [0.1, 0.15) is 34.5 Å². The molecule has 1 N–H and O–H groups in total. The van der Waals surface area contributed by atoms with Gasteiger partial charge in [0.15, 0.2) is 0 Å². The molecule has 0 atom stereocenters. The summed E-state index contributed by atoms with van der Waals surface area (Å²) < 4.78 is 0. The van der Waals surface area contributed by atoms with Gasteiger partial charge >= 0.3 is 0 Å². The van der Waals surface area contributed by atoms with Gasteiger partial charge in [0.25, 0.3) is 5.91 Å². The molecule has 1 aliphatic rings. The fraction of sp³-hybridized carbons (Fsp3) is 0.375. The van der Waals surface area contributed by atoms with Crippen LogP contribution in [-0.4, -0.2) is 28.9 Å². The molecule has 5 heteroatoms. The van der Waals surface area contributed by atoms with Gasteiger partial charge in [0, 0.05) is 35.8 Å². The Balaban J connectivity index is 1.85. The lowest BCUT2D eigenvalue weighted by Gasteiger charge is -2.26. The van der Waals surface area contributed by atoms with E-state index in [9.17, 15) is 9.59 Å². The van der Waals surface area contributed by atoms with Crippen LogP contribution in [0.2, 0.25) is 0 Å². The van der Waals surface area contributed by atoms with Gasteiger partial charge < -0.3 is 9.88 Å². The van der Waals surface area contributed by atoms with E-state index in [2.05, 4.69) is 4.98 Å². The number of H-pyrrole nitrogens is 1. The van der Waals surface area contributed by atoms with Gasteiger partial charge in [-0.3, -0.25) is 9.59 Å². The summed E-state index contributed by atoms with van der Waals surface area (Å²) >= 11 is 1.49. The summed E-state index contributed by atoms with van der Waals surface area (Å²) in [4.78, 5) is 30.2. The number of carbonyl (C=O) groups excluding carboxylic acids is 1. The monoisotopic (exact) mass is 302 g/mol. The fourth-order valence-corrected chi connectivity index (χ4v) is 3.74. The topological polar surface area (TPSA) is 53.2 Å². The van der Waals surface area contributed by atoms with Gasteiger partial charge in [0.1, 0.15) is 0 Å². The number of aromatic nitrogens is 1. The number of aromatic amines is 1. The summed E-state index contributed by atoms with van der Waals surface area (Å²) in [6.07, 6.45) is 5.14. The van der Waals surface area contributed by atoms with E-state index in [1.165, 1.54) is 17.8 Å². The summed E-state index contributed by atoms with van der Waals surface area (Å²) in [5.41, 5.74) is 1.81. The number of pyridine rings is 1. The number of amides is 1. The number of nitrogens with one attached hydrogen (secondary N) is 1. The van der Waals surface area contributed by atoms with Crippen LogP contribution >= 0.6 is 11.3 Å². The molecular formula is C16H18N2O2S. The maximum atomic E-state index is 12.5. The van der Waals surface area contributed by atoms with Crippen LogP contribution in [0.25, 0.3) is 10.4 Å². The maximum Gasteiger partial charge on any atom is 0.263 e. The fourth-order valence-electron chi connectivity index (χ4n) is 2.69. The average Bonchev–Trinajstić information content (AvgIpc) is 2.97. The highest BCUT2D eigenvalue weighted by atomic mass is 32.1. The minimum atomic E-state index is -0.0996. The SMILES string of the molecule is Cc1cc(=O)[nH]cc1-c1ccc(C(=O)N2CCCCC2)s1. The maximum absolute atomic E-state index is 12.5. The predicted molar refractivity (Wildman–Crippen MR) is 84.9 cm³/mol. The van der Waals surface area contributed by atoms with Crippen LogP contribution in [0.5, 0.6) is 0 Å². The Hall–Kier alpha value is -1.88. The third kappa shape index (κ3) is 2.93. The molecule has 0 aliphatic carbocycles. The quantitative estimate of drug-likeness (QED) is 0.927. The number of rotatable bonds is 2. The predicted octanol–water partition coefficient (Wildman–Crippen LogP) is 3.04. The molecule has 4 nitrogen and oxygen atoms in total. The van der Waals surface area contributed by atoms with Crippen molar-refractivity contribution in [2.45, 2.75) is 26.2 Å². The molecule has 1 fully saturated rings. The molecule has 0 aromatic carbocycles. The third-order valence-electron chi connectivity index (χ3n) is 3.86. The highest BCUT2D eigenvalue weighted by Crippen LogP contribution is 2.30. The molecule has 3 rings (SSSR count). The lowest BCUT2D eigenvalue weighted by molar-refractivity contribution is 0.0729. The van der Waals surface area contributed by atoms with Crippen LogP contribution in [-0.2, 0) is 0 Å². The van der Waals surface area contributed by atoms with Crippen LogP contribution in [0.4, 0.5) is 0 Å². The second-order valence-corrected chi connectivity index (χ2v) is 6.49. The molecule has 2 aromatic rings. The van der Waals surface area contributed by atoms with E-state index in [-0.39, 0.29) is 11.5 Å². The van der Waals surface area contributed by atoms with E-state index in [1.807, 2.05) is 24.0 Å². The first kappa shape index (κ1) is 14.1. The summed E-state index contributed by atoms with van der Waals surface area (Å²) in [5.74, 6) is 0.132. The highest BCUT2D eigenvalue weighted by molar-refractivity contribution is 7.17. The standard InChI is InChI=1S/C16H18N2O2S/c1-11-9-15(19)17-10-12(11)13-5-6-14(21-13)16(20)18-7-3-2-4-8-18/h5-6,9-10H,2-4,7-8H2,1H3,(H,17,19). The molecule has 1 aliphatic heterocycles. The lowest BCUT2D eigenvalue weighted by Crippen LogP contribution is -2.35. The second kappa shape index (κ2) is 5.85. The van der Waals surface area contributed by atoms with Crippen molar-refractivity contribution in [3.8, 4) is 10.4 Å². The number of likely N-dealkylation sites (tertiary alicyclic amines) is 1. The van der Waals surface area contributed by atoms with E-state index in [1.54, 1.807) is 12.3 Å². The zero-order chi connectivity index (χ0) is 14.8. The Kier molecular flexibility index (Phi) is 3.92. The summed E-state index contributed by atoms with van der Waals surface area (Å²) in [6.45, 7) is 3.64. The number of aryl methyl sites for hydroxylation is 1. The smallest absolute Gasteiger partial charge is 0.263 e.